The fourth-order valence-corrected chi connectivity index (χ4v) is 3.33. The third-order valence-corrected chi connectivity index (χ3v) is 4.88. The topological polar surface area (TPSA) is 52.7 Å². The van der Waals surface area contributed by atoms with Gasteiger partial charge in [-0.1, -0.05) is 36.4 Å². The van der Waals surface area contributed by atoms with Crippen molar-refractivity contribution in [3.63, 3.8) is 0 Å². The van der Waals surface area contributed by atoms with Crippen LogP contribution in [0.25, 0.3) is 0 Å². The van der Waals surface area contributed by atoms with Gasteiger partial charge in [0.05, 0.1) is 24.3 Å². The molecule has 2 aromatic rings. The molecule has 0 saturated heterocycles. The van der Waals surface area contributed by atoms with Crippen molar-refractivity contribution in [1.29, 1.82) is 0 Å². The third kappa shape index (κ3) is 5.35. The predicted octanol–water partition coefficient (Wildman–Crippen LogP) is 3.16. The highest BCUT2D eigenvalue weighted by atomic mass is 19.4. The number of hydrogen-bond acceptors (Lipinski definition) is 3. The van der Waals surface area contributed by atoms with E-state index in [-0.39, 0.29) is 24.7 Å². The van der Waals surface area contributed by atoms with E-state index < -0.39 is 17.6 Å². The molecule has 1 aliphatic rings. The molecular formula is C21H22F3N3O2. The fraction of sp³-hybridized carbons (Fsp3) is 0.333. The number of alkyl halides is 3. The maximum absolute atomic E-state index is 13.0. The number of carbonyl (C=O) groups excluding carboxylic acids is 2. The number of nitrogens with zero attached hydrogens (tertiary/aromatic N) is 2. The molecule has 2 aromatic carbocycles. The van der Waals surface area contributed by atoms with Crippen molar-refractivity contribution in [1.82, 2.24) is 9.80 Å². The van der Waals surface area contributed by atoms with Crippen molar-refractivity contribution < 1.29 is 22.8 Å². The number of nitrogens with one attached hydrogen (secondary N) is 1. The summed E-state index contributed by atoms with van der Waals surface area (Å²) >= 11 is 0. The van der Waals surface area contributed by atoms with Crippen LogP contribution in [0, 0.1) is 0 Å². The van der Waals surface area contributed by atoms with E-state index in [0.29, 0.717) is 6.54 Å². The molecule has 1 N–H and O–H groups in total. The fourth-order valence-electron chi connectivity index (χ4n) is 3.33. The van der Waals surface area contributed by atoms with Crippen molar-refractivity contribution in [3.8, 4) is 0 Å². The van der Waals surface area contributed by atoms with Crippen molar-refractivity contribution in [2.24, 2.45) is 0 Å². The molecule has 0 aromatic heterocycles. The van der Waals surface area contributed by atoms with Gasteiger partial charge in [0.2, 0.25) is 11.8 Å². The summed E-state index contributed by atoms with van der Waals surface area (Å²) in [6.07, 6.45) is -3.72. The van der Waals surface area contributed by atoms with Crippen molar-refractivity contribution in [3.05, 3.63) is 65.2 Å². The van der Waals surface area contributed by atoms with Crippen LogP contribution in [0.15, 0.2) is 48.5 Å². The normalized spacial score (nSPS) is 14.2. The molecule has 0 fully saturated rings. The van der Waals surface area contributed by atoms with Gasteiger partial charge >= 0.3 is 6.18 Å². The van der Waals surface area contributed by atoms with Crippen LogP contribution in [0.3, 0.4) is 0 Å². The van der Waals surface area contributed by atoms with E-state index in [1.807, 2.05) is 23.1 Å². The molecule has 1 aliphatic heterocycles. The van der Waals surface area contributed by atoms with Crippen LogP contribution in [0.2, 0.25) is 0 Å². The Hall–Kier alpha value is -2.87. The summed E-state index contributed by atoms with van der Waals surface area (Å²) in [5, 5.41) is 2.25. The van der Waals surface area contributed by atoms with Crippen LogP contribution >= 0.6 is 0 Å². The zero-order chi connectivity index (χ0) is 21.0. The zero-order valence-electron chi connectivity index (χ0n) is 16.0. The second kappa shape index (κ2) is 8.65. The quantitative estimate of drug-likeness (QED) is 0.832. The minimum atomic E-state index is -4.57. The van der Waals surface area contributed by atoms with Crippen LogP contribution in [0.5, 0.6) is 0 Å². The Labute approximate surface area is 167 Å². The van der Waals surface area contributed by atoms with E-state index in [0.717, 1.165) is 19.0 Å². The molecule has 0 saturated carbocycles. The first-order valence-electron chi connectivity index (χ1n) is 9.23. The number of amides is 2. The van der Waals surface area contributed by atoms with Gasteiger partial charge in [0.25, 0.3) is 0 Å². The van der Waals surface area contributed by atoms with Gasteiger partial charge in [-0.15, -0.1) is 0 Å². The molecule has 5 nitrogen and oxygen atoms in total. The zero-order valence-corrected chi connectivity index (χ0v) is 16.0. The van der Waals surface area contributed by atoms with Gasteiger partial charge in [-0.2, -0.15) is 13.2 Å². The van der Waals surface area contributed by atoms with Gasteiger partial charge in [0.15, 0.2) is 0 Å². The second-order valence-corrected chi connectivity index (χ2v) is 7.07. The number of anilines is 1. The number of likely N-dealkylation sites (N-methyl/N-ethyl adjacent to an activating group) is 1. The van der Waals surface area contributed by atoms with Crippen LogP contribution in [0.1, 0.15) is 16.7 Å². The largest absolute Gasteiger partial charge is 0.418 e. The molecule has 29 heavy (non-hydrogen) atoms. The monoisotopic (exact) mass is 405 g/mol. The molecule has 3 rings (SSSR count). The summed E-state index contributed by atoms with van der Waals surface area (Å²) in [5.74, 6) is -0.940. The van der Waals surface area contributed by atoms with Crippen LogP contribution in [-0.4, -0.2) is 48.3 Å². The lowest BCUT2D eigenvalue weighted by molar-refractivity contribution is -0.137. The van der Waals surface area contributed by atoms with E-state index in [1.54, 1.807) is 0 Å². The van der Waals surface area contributed by atoms with Gasteiger partial charge in [-0.05, 0) is 29.7 Å². The van der Waals surface area contributed by atoms with Gasteiger partial charge in [0.1, 0.15) is 0 Å². The van der Waals surface area contributed by atoms with E-state index in [2.05, 4.69) is 11.4 Å². The molecule has 8 heteroatoms. The molecule has 0 aliphatic carbocycles. The molecule has 0 bridgehead atoms. The first kappa shape index (κ1) is 20.9. The van der Waals surface area contributed by atoms with Crippen LogP contribution in [-0.2, 0) is 28.7 Å². The number of rotatable bonds is 5. The summed E-state index contributed by atoms with van der Waals surface area (Å²) < 4.78 is 39.1. The lowest BCUT2D eigenvalue weighted by Crippen LogP contribution is -2.43. The molecule has 0 atom stereocenters. The van der Waals surface area contributed by atoms with Crippen molar-refractivity contribution >= 4 is 17.5 Å². The first-order valence-corrected chi connectivity index (χ1v) is 9.23. The predicted molar refractivity (Wildman–Crippen MR) is 103 cm³/mol. The highest BCUT2D eigenvalue weighted by molar-refractivity contribution is 5.95. The SMILES string of the molecule is CN(CC(=O)Nc1ccccc1C(F)(F)F)C(=O)CN1CCc2ccccc2C1. The second-order valence-electron chi connectivity index (χ2n) is 7.07. The van der Waals surface area contributed by atoms with E-state index in [9.17, 15) is 22.8 Å². The molecule has 154 valence electrons. The van der Waals surface area contributed by atoms with E-state index in [4.69, 9.17) is 0 Å². The summed E-state index contributed by atoms with van der Waals surface area (Å²) in [5.41, 5.74) is 1.20. The standard InChI is InChI=1S/C21H22F3N3O2/c1-26(13-19(28)25-18-9-5-4-8-17(18)21(22,23)24)20(29)14-27-11-10-15-6-2-3-7-16(15)12-27/h2-9H,10-14H2,1H3,(H,25,28). The molecule has 2 amide bonds. The number of fused-ring (bicyclic) bond motifs is 1. The highest BCUT2D eigenvalue weighted by Gasteiger charge is 2.33. The maximum atomic E-state index is 13.0. The summed E-state index contributed by atoms with van der Waals surface area (Å²) in [6, 6.07) is 12.8. The average molecular weight is 405 g/mol. The lowest BCUT2D eigenvalue weighted by Gasteiger charge is -2.29. The number of hydrogen-bond donors (Lipinski definition) is 1. The van der Waals surface area contributed by atoms with Gasteiger partial charge < -0.3 is 10.2 Å². The van der Waals surface area contributed by atoms with Crippen LogP contribution in [0.4, 0.5) is 18.9 Å². The Morgan fingerprint density at radius 1 is 1.07 bits per heavy atom. The van der Waals surface area contributed by atoms with Crippen molar-refractivity contribution in [2.45, 2.75) is 19.1 Å². The van der Waals surface area contributed by atoms with Gasteiger partial charge in [-0.25, -0.2) is 0 Å². The smallest absolute Gasteiger partial charge is 0.335 e. The molecular weight excluding hydrogens is 383 g/mol. The Balaban J connectivity index is 1.55. The molecule has 1 heterocycles. The molecule has 0 radical (unpaired) electrons. The third-order valence-electron chi connectivity index (χ3n) is 4.88. The summed E-state index contributed by atoms with van der Waals surface area (Å²) in [4.78, 5) is 27.9. The van der Waals surface area contributed by atoms with Gasteiger partial charge in [-0.3, -0.25) is 14.5 Å². The Morgan fingerprint density at radius 3 is 2.45 bits per heavy atom. The number of para-hydroxylation sites is 1. The highest BCUT2D eigenvalue weighted by Crippen LogP contribution is 2.34. The lowest BCUT2D eigenvalue weighted by atomic mass is 10.00. The minimum Gasteiger partial charge on any atom is -0.335 e. The summed E-state index contributed by atoms with van der Waals surface area (Å²) in [6.45, 7) is 1.22. The Morgan fingerprint density at radius 2 is 1.72 bits per heavy atom. The van der Waals surface area contributed by atoms with Gasteiger partial charge in [0, 0.05) is 20.1 Å². The number of carbonyl (C=O) groups is 2. The maximum Gasteiger partial charge on any atom is 0.418 e. The number of benzene rings is 2. The molecule has 0 spiro atoms. The van der Waals surface area contributed by atoms with Crippen molar-refractivity contribution in [2.75, 3.05) is 32.0 Å². The first-order chi connectivity index (χ1) is 13.7. The number of halogens is 3. The summed E-state index contributed by atoms with van der Waals surface area (Å²) in [7, 11) is 1.47. The minimum absolute atomic E-state index is 0.150. The van der Waals surface area contributed by atoms with E-state index in [1.165, 1.54) is 41.3 Å². The Bertz CT molecular complexity index is 899. The Kier molecular flexibility index (Phi) is 6.22. The molecule has 0 unspecified atom stereocenters. The average Bonchev–Trinajstić information content (AvgIpc) is 2.67. The van der Waals surface area contributed by atoms with Crippen LogP contribution < -0.4 is 5.32 Å². The van der Waals surface area contributed by atoms with E-state index >= 15 is 0 Å².